The highest BCUT2D eigenvalue weighted by atomic mass is 15.2. The van der Waals surface area contributed by atoms with E-state index in [0.29, 0.717) is 6.04 Å². The molecule has 1 heterocycles. The molecule has 2 nitrogen and oxygen atoms in total. The summed E-state index contributed by atoms with van der Waals surface area (Å²) in [6.07, 6.45) is 19.8. The molecule has 1 unspecified atom stereocenters. The Morgan fingerprint density at radius 3 is 2.11 bits per heavy atom. The summed E-state index contributed by atoms with van der Waals surface area (Å²) in [5.74, 6) is 0. The fourth-order valence-corrected chi connectivity index (χ4v) is 11.4. The van der Waals surface area contributed by atoms with Gasteiger partial charge in [0.2, 0.25) is 0 Å². The normalized spacial score (nSPS) is 17.8. The summed E-state index contributed by atoms with van der Waals surface area (Å²) in [6.45, 7) is 4.40. The summed E-state index contributed by atoms with van der Waals surface area (Å²) in [7, 11) is 0. The van der Waals surface area contributed by atoms with Crippen LogP contribution in [0.5, 0.6) is 0 Å². The fourth-order valence-electron chi connectivity index (χ4n) is 11.4. The van der Waals surface area contributed by atoms with Crippen LogP contribution in [0.1, 0.15) is 87.1 Å². The molecule has 1 atom stereocenters. The van der Waals surface area contributed by atoms with Crippen molar-refractivity contribution in [2.45, 2.75) is 70.3 Å². The molecule has 0 spiro atoms. The van der Waals surface area contributed by atoms with E-state index < -0.39 is 5.41 Å². The van der Waals surface area contributed by atoms with Crippen LogP contribution in [0.3, 0.4) is 0 Å². The maximum Gasteiger partial charge on any atom is 0.0674 e. The van der Waals surface area contributed by atoms with Gasteiger partial charge in [0.1, 0.15) is 0 Å². The van der Waals surface area contributed by atoms with Crippen LogP contribution >= 0.6 is 0 Å². The van der Waals surface area contributed by atoms with Crippen LogP contribution < -0.4 is 4.90 Å². The van der Waals surface area contributed by atoms with Gasteiger partial charge in [-0.15, -0.1) is 0 Å². The van der Waals surface area contributed by atoms with E-state index in [4.69, 9.17) is 0 Å². The van der Waals surface area contributed by atoms with Crippen LogP contribution in [-0.2, 0) is 5.41 Å². The average Bonchev–Trinajstić information content (AvgIpc) is 3.85. The molecule has 0 N–H and O–H groups in total. The molecule has 11 rings (SSSR count). The largest absolute Gasteiger partial charge is 0.337 e. The molecule has 3 aliphatic rings. The third-order valence-electron chi connectivity index (χ3n) is 14.2. The molecule has 0 aliphatic heterocycles. The van der Waals surface area contributed by atoms with Crippen molar-refractivity contribution in [3.8, 4) is 22.3 Å². The Morgan fingerprint density at radius 1 is 0.619 bits per heavy atom. The Kier molecular flexibility index (Phi) is 10.2. The third kappa shape index (κ3) is 6.54. The van der Waals surface area contributed by atoms with Gasteiger partial charge >= 0.3 is 0 Å². The molecule has 63 heavy (non-hydrogen) atoms. The lowest BCUT2D eigenvalue weighted by atomic mass is 9.67. The highest BCUT2D eigenvalue weighted by Crippen LogP contribution is 2.58. The minimum Gasteiger partial charge on any atom is -0.337 e. The van der Waals surface area contributed by atoms with E-state index in [1.165, 1.54) is 127 Å². The van der Waals surface area contributed by atoms with Crippen LogP contribution in [0.4, 0.5) is 11.4 Å². The lowest BCUT2D eigenvalue weighted by Crippen LogP contribution is -2.28. The van der Waals surface area contributed by atoms with Crippen LogP contribution in [0.15, 0.2) is 212 Å². The van der Waals surface area contributed by atoms with Gasteiger partial charge in [-0.1, -0.05) is 189 Å². The van der Waals surface area contributed by atoms with Crippen LogP contribution in [0.2, 0.25) is 0 Å². The zero-order valence-electron chi connectivity index (χ0n) is 36.5. The molecular formula is C61H54N2. The predicted octanol–water partition coefficient (Wildman–Crippen LogP) is 16.7. The van der Waals surface area contributed by atoms with Crippen molar-refractivity contribution in [3.05, 3.63) is 234 Å². The molecule has 0 amide bonds. The van der Waals surface area contributed by atoms with Gasteiger partial charge in [-0.05, 0) is 126 Å². The summed E-state index contributed by atoms with van der Waals surface area (Å²) in [5.41, 5.74) is 18.9. The Balaban J connectivity index is 1.07. The van der Waals surface area contributed by atoms with Crippen molar-refractivity contribution in [2.24, 2.45) is 0 Å². The number of nitrogens with zero attached hydrogens (tertiary/aromatic N) is 2. The van der Waals surface area contributed by atoms with E-state index in [1.54, 1.807) is 0 Å². The van der Waals surface area contributed by atoms with Crippen molar-refractivity contribution in [1.29, 1.82) is 0 Å². The molecular weight excluding hydrogens is 761 g/mol. The first-order valence-electron chi connectivity index (χ1n) is 23.1. The maximum atomic E-state index is 2.69. The SMILES string of the molecule is C/C=C\C=C(/C)C1(c2ccccc2)c2ccccc2-c2c(-c3ccc(N(C4=CC(c5ccccc5)=CCC4)c4ccc5c6ccccc6n(C6CCCCC6)c5c4)cc3)cccc21. The molecule has 308 valence electrons. The minimum absolute atomic E-state index is 0.407. The summed E-state index contributed by atoms with van der Waals surface area (Å²) in [6, 6.07) is 64.3. The molecule has 1 fully saturated rings. The number of aromatic nitrogens is 1. The Hall–Kier alpha value is -6.90. The Morgan fingerprint density at radius 2 is 1.30 bits per heavy atom. The quantitative estimate of drug-likeness (QED) is 0.132. The van der Waals surface area contributed by atoms with E-state index in [9.17, 15) is 0 Å². The second kappa shape index (κ2) is 16.4. The molecule has 1 aromatic heterocycles. The highest BCUT2D eigenvalue weighted by Gasteiger charge is 2.46. The molecule has 8 aromatic rings. The van der Waals surface area contributed by atoms with Gasteiger partial charge in [0.15, 0.2) is 0 Å². The minimum atomic E-state index is -0.407. The highest BCUT2D eigenvalue weighted by molar-refractivity contribution is 6.09. The molecule has 3 aliphatic carbocycles. The summed E-state index contributed by atoms with van der Waals surface area (Å²) in [5, 5.41) is 2.70. The van der Waals surface area contributed by atoms with Crippen molar-refractivity contribution in [2.75, 3.05) is 4.90 Å². The van der Waals surface area contributed by atoms with E-state index in [-0.39, 0.29) is 0 Å². The first-order valence-corrected chi connectivity index (χ1v) is 23.1. The number of anilines is 2. The zero-order valence-corrected chi connectivity index (χ0v) is 36.5. The van der Waals surface area contributed by atoms with Crippen molar-refractivity contribution in [3.63, 3.8) is 0 Å². The topological polar surface area (TPSA) is 8.17 Å². The first kappa shape index (κ1) is 39.0. The standard InChI is InChI=1S/C61H54N2/c1-3-4-20-43(2)61(47-24-10-6-11-25-47)56-32-16-14-30-55(56)60-52(31-19-33-57(60)61)45-35-37-49(38-36-45)62(50-28-18-23-46(41-50)44-21-8-5-9-22-44)51-39-40-54-53-29-15-17-34-58(53)63(59(54)42-51)48-26-12-7-13-27-48/h3-6,8-11,14-17,19-25,29-42,48H,7,12-13,18,26-28H2,1-2H3/b4-3-,43-20+. The summed E-state index contributed by atoms with van der Waals surface area (Å²) >= 11 is 0. The van der Waals surface area contributed by atoms with E-state index >= 15 is 0 Å². The number of hydrogen-bond acceptors (Lipinski definition) is 1. The number of allylic oxidation sites excluding steroid dienone is 8. The van der Waals surface area contributed by atoms with Crippen LogP contribution in [-0.4, -0.2) is 4.57 Å². The van der Waals surface area contributed by atoms with Gasteiger partial charge in [-0.2, -0.15) is 0 Å². The summed E-state index contributed by atoms with van der Waals surface area (Å²) in [4.78, 5) is 2.54. The van der Waals surface area contributed by atoms with Crippen molar-refractivity contribution in [1.82, 2.24) is 4.57 Å². The molecule has 0 saturated heterocycles. The smallest absolute Gasteiger partial charge is 0.0674 e. The van der Waals surface area contributed by atoms with Crippen LogP contribution in [0.25, 0.3) is 49.6 Å². The molecule has 0 radical (unpaired) electrons. The maximum absolute atomic E-state index is 2.69. The number of hydrogen-bond donors (Lipinski definition) is 0. The second-order valence-electron chi connectivity index (χ2n) is 17.7. The molecule has 2 heteroatoms. The van der Waals surface area contributed by atoms with Gasteiger partial charge in [0.05, 0.1) is 10.9 Å². The monoisotopic (exact) mass is 814 g/mol. The second-order valence-corrected chi connectivity index (χ2v) is 17.7. The first-order chi connectivity index (χ1) is 31.1. The zero-order chi connectivity index (χ0) is 42.3. The van der Waals surface area contributed by atoms with Gasteiger partial charge < -0.3 is 9.47 Å². The van der Waals surface area contributed by atoms with Crippen LogP contribution in [0, 0.1) is 0 Å². The van der Waals surface area contributed by atoms with Gasteiger partial charge in [-0.3, -0.25) is 0 Å². The lowest BCUT2D eigenvalue weighted by Gasteiger charge is -2.34. The number of para-hydroxylation sites is 1. The number of benzene rings is 7. The van der Waals surface area contributed by atoms with Crippen molar-refractivity contribution < 1.29 is 0 Å². The lowest BCUT2D eigenvalue weighted by molar-refractivity contribution is 0.367. The molecule has 7 aromatic carbocycles. The molecule has 1 saturated carbocycles. The number of fused-ring (bicyclic) bond motifs is 6. The fraction of sp³-hybridized carbons (Fsp3) is 0.180. The van der Waals surface area contributed by atoms with E-state index in [2.05, 4.69) is 224 Å². The van der Waals surface area contributed by atoms with E-state index in [0.717, 1.165) is 12.8 Å². The molecule has 0 bridgehead atoms. The van der Waals surface area contributed by atoms with Crippen molar-refractivity contribution >= 4 is 38.8 Å². The third-order valence-corrected chi connectivity index (χ3v) is 14.2. The average molecular weight is 815 g/mol. The van der Waals surface area contributed by atoms with Gasteiger partial charge in [0, 0.05) is 39.4 Å². The van der Waals surface area contributed by atoms with E-state index in [1.807, 2.05) is 0 Å². The predicted molar refractivity (Wildman–Crippen MR) is 268 cm³/mol. The summed E-state index contributed by atoms with van der Waals surface area (Å²) < 4.78 is 2.69. The van der Waals surface area contributed by atoms with Gasteiger partial charge in [-0.25, -0.2) is 0 Å². The van der Waals surface area contributed by atoms with Gasteiger partial charge in [0.25, 0.3) is 0 Å². The Bertz CT molecular complexity index is 3100. The Labute approximate surface area is 372 Å². The number of rotatable bonds is 9.